The average molecular weight is 266 g/mol. The molecule has 0 aliphatic carbocycles. The number of rotatable bonds is 5. The predicted molar refractivity (Wildman–Crippen MR) is 74.6 cm³/mol. The quantitative estimate of drug-likeness (QED) is 0.802. The highest BCUT2D eigenvalue weighted by molar-refractivity contribution is 7.98. The van der Waals surface area contributed by atoms with Crippen LogP contribution < -0.4 is 10.6 Å². The number of urea groups is 1. The molecule has 3 amide bonds. The van der Waals surface area contributed by atoms with Gasteiger partial charge < -0.3 is 5.32 Å². The van der Waals surface area contributed by atoms with Crippen LogP contribution in [-0.2, 0) is 10.5 Å². The van der Waals surface area contributed by atoms with E-state index >= 15 is 0 Å². The minimum absolute atomic E-state index is 0.245. The number of imide groups is 1. The van der Waals surface area contributed by atoms with Crippen molar-refractivity contribution in [2.75, 3.05) is 12.8 Å². The van der Waals surface area contributed by atoms with Gasteiger partial charge in [0.25, 0.3) is 0 Å². The third-order valence-corrected chi connectivity index (χ3v) is 3.37. The summed E-state index contributed by atoms with van der Waals surface area (Å²) in [6.45, 7) is 2.06. The van der Waals surface area contributed by atoms with Gasteiger partial charge in [-0.05, 0) is 12.5 Å². The number of aryl methyl sites for hydroxylation is 1. The standard InChI is InChI=1S/C13H18N2O2S/c1-10-3-5-11(6-4-10)9-18-8-7-12(16)15-13(17)14-2/h3-6H,7-9H2,1-2H3,(H2,14,15,16,17). The van der Waals surface area contributed by atoms with Gasteiger partial charge in [-0.1, -0.05) is 29.8 Å². The fourth-order valence-electron chi connectivity index (χ4n) is 1.29. The number of hydrogen-bond acceptors (Lipinski definition) is 3. The average Bonchev–Trinajstić information content (AvgIpc) is 2.36. The van der Waals surface area contributed by atoms with Gasteiger partial charge in [0, 0.05) is 25.0 Å². The summed E-state index contributed by atoms with van der Waals surface area (Å²) >= 11 is 1.68. The van der Waals surface area contributed by atoms with Crippen LogP contribution in [0.15, 0.2) is 24.3 Å². The Morgan fingerprint density at radius 3 is 2.50 bits per heavy atom. The van der Waals surface area contributed by atoms with Crippen LogP contribution >= 0.6 is 11.8 Å². The second-order valence-corrected chi connectivity index (χ2v) is 5.02. The highest BCUT2D eigenvalue weighted by atomic mass is 32.2. The zero-order valence-electron chi connectivity index (χ0n) is 10.7. The van der Waals surface area contributed by atoms with Gasteiger partial charge in [-0.3, -0.25) is 10.1 Å². The largest absolute Gasteiger partial charge is 0.341 e. The van der Waals surface area contributed by atoms with Crippen LogP contribution in [0, 0.1) is 6.92 Å². The minimum Gasteiger partial charge on any atom is -0.341 e. The van der Waals surface area contributed by atoms with E-state index in [1.165, 1.54) is 18.2 Å². The minimum atomic E-state index is -0.455. The van der Waals surface area contributed by atoms with E-state index in [1.54, 1.807) is 11.8 Å². The monoisotopic (exact) mass is 266 g/mol. The number of nitrogens with one attached hydrogen (secondary N) is 2. The lowest BCUT2D eigenvalue weighted by Gasteiger charge is -2.04. The molecule has 2 N–H and O–H groups in total. The fraction of sp³-hybridized carbons (Fsp3) is 0.385. The molecule has 98 valence electrons. The van der Waals surface area contributed by atoms with E-state index in [0.29, 0.717) is 12.2 Å². The summed E-state index contributed by atoms with van der Waals surface area (Å²) in [5.74, 6) is 1.34. The van der Waals surface area contributed by atoms with Gasteiger partial charge in [0.1, 0.15) is 0 Å². The van der Waals surface area contributed by atoms with Crippen molar-refractivity contribution in [2.45, 2.75) is 19.1 Å². The molecular formula is C13H18N2O2S. The lowest BCUT2D eigenvalue weighted by atomic mass is 10.2. The van der Waals surface area contributed by atoms with E-state index in [2.05, 4.69) is 41.8 Å². The molecule has 0 radical (unpaired) electrons. The third-order valence-electron chi connectivity index (χ3n) is 2.34. The highest BCUT2D eigenvalue weighted by Crippen LogP contribution is 2.13. The zero-order chi connectivity index (χ0) is 13.4. The molecule has 0 unspecified atom stereocenters. The van der Waals surface area contributed by atoms with Gasteiger partial charge in [0.15, 0.2) is 0 Å². The molecule has 18 heavy (non-hydrogen) atoms. The Morgan fingerprint density at radius 2 is 1.89 bits per heavy atom. The molecule has 4 nitrogen and oxygen atoms in total. The summed E-state index contributed by atoms with van der Waals surface area (Å²) in [7, 11) is 1.48. The van der Waals surface area contributed by atoms with Crippen molar-refractivity contribution in [3.05, 3.63) is 35.4 Å². The highest BCUT2D eigenvalue weighted by Gasteiger charge is 2.05. The molecule has 0 saturated carbocycles. The zero-order valence-corrected chi connectivity index (χ0v) is 11.5. The number of thioether (sulfide) groups is 1. The van der Waals surface area contributed by atoms with Gasteiger partial charge >= 0.3 is 6.03 Å². The van der Waals surface area contributed by atoms with Crippen LogP contribution in [0.3, 0.4) is 0 Å². The Labute approximate surface area is 112 Å². The van der Waals surface area contributed by atoms with E-state index in [4.69, 9.17) is 0 Å². The van der Waals surface area contributed by atoms with Crippen molar-refractivity contribution in [3.8, 4) is 0 Å². The van der Waals surface area contributed by atoms with E-state index in [9.17, 15) is 9.59 Å². The number of hydrogen-bond donors (Lipinski definition) is 2. The van der Waals surface area contributed by atoms with Gasteiger partial charge in [-0.15, -0.1) is 0 Å². The summed E-state index contributed by atoms with van der Waals surface area (Å²) in [4.78, 5) is 22.1. The molecule has 0 aliphatic heterocycles. The summed E-state index contributed by atoms with van der Waals surface area (Å²) in [6.07, 6.45) is 0.351. The molecule has 0 saturated heterocycles. The number of carbonyl (C=O) groups is 2. The van der Waals surface area contributed by atoms with Crippen molar-refractivity contribution in [2.24, 2.45) is 0 Å². The molecule has 0 aliphatic rings. The first-order valence-electron chi connectivity index (χ1n) is 5.76. The second kappa shape index (κ2) is 7.76. The van der Waals surface area contributed by atoms with Gasteiger partial charge in [-0.2, -0.15) is 11.8 Å². The lowest BCUT2D eigenvalue weighted by molar-refractivity contribution is -0.119. The number of amides is 3. The van der Waals surface area contributed by atoms with Crippen molar-refractivity contribution in [1.29, 1.82) is 0 Å². The maximum atomic E-state index is 11.3. The SMILES string of the molecule is CNC(=O)NC(=O)CCSCc1ccc(C)cc1. The molecule has 0 heterocycles. The molecule has 1 aromatic carbocycles. The molecule has 0 aromatic heterocycles. The Morgan fingerprint density at radius 1 is 1.22 bits per heavy atom. The first-order chi connectivity index (χ1) is 8.61. The van der Waals surface area contributed by atoms with Gasteiger partial charge in [-0.25, -0.2) is 4.79 Å². The summed E-state index contributed by atoms with van der Waals surface area (Å²) < 4.78 is 0. The van der Waals surface area contributed by atoms with E-state index < -0.39 is 6.03 Å². The van der Waals surface area contributed by atoms with Crippen LogP contribution in [0.2, 0.25) is 0 Å². The summed E-state index contributed by atoms with van der Waals surface area (Å²) in [5.41, 5.74) is 2.49. The normalized spacial score (nSPS) is 9.89. The van der Waals surface area contributed by atoms with Crippen LogP contribution in [0.1, 0.15) is 17.5 Å². The molecule has 0 spiro atoms. The van der Waals surface area contributed by atoms with Gasteiger partial charge in [0.2, 0.25) is 5.91 Å². The topological polar surface area (TPSA) is 58.2 Å². The fourth-order valence-corrected chi connectivity index (χ4v) is 2.19. The van der Waals surface area contributed by atoms with Crippen molar-refractivity contribution in [3.63, 3.8) is 0 Å². The molecule has 0 bridgehead atoms. The molecular weight excluding hydrogens is 248 g/mol. The van der Waals surface area contributed by atoms with Crippen molar-refractivity contribution < 1.29 is 9.59 Å². The van der Waals surface area contributed by atoms with Crippen molar-refractivity contribution >= 4 is 23.7 Å². The predicted octanol–water partition coefficient (Wildman–Crippen LogP) is 2.07. The molecule has 0 atom stereocenters. The molecule has 5 heteroatoms. The van der Waals surface area contributed by atoms with Crippen LogP contribution in [0.25, 0.3) is 0 Å². The van der Waals surface area contributed by atoms with Crippen LogP contribution in [0.5, 0.6) is 0 Å². The molecule has 1 aromatic rings. The first kappa shape index (κ1) is 14.6. The summed E-state index contributed by atoms with van der Waals surface area (Å²) in [5, 5.41) is 4.57. The first-order valence-corrected chi connectivity index (χ1v) is 6.92. The molecule has 0 fully saturated rings. The van der Waals surface area contributed by atoms with Crippen LogP contribution in [-0.4, -0.2) is 24.7 Å². The second-order valence-electron chi connectivity index (χ2n) is 3.92. The Balaban J connectivity index is 2.17. The third kappa shape index (κ3) is 5.72. The summed E-state index contributed by atoms with van der Waals surface area (Å²) in [6, 6.07) is 7.88. The lowest BCUT2D eigenvalue weighted by Crippen LogP contribution is -2.37. The number of carbonyl (C=O) groups excluding carboxylic acids is 2. The Hall–Kier alpha value is -1.49. The Kier molecular flexibility index (Phi) is 6.28. The Bertz CT molecular complexity index is 404. The molecule has 1 rings (SSSR count). The van der Waals surface area contributed by atoms with Gasteiger partial charge in [0.05, 0.1) is 0 Å². The maximum absolute atomic E-state index is 11.3. The van der Waals surface area contributed by atoms with E-state index in [0.717, 1.165) is 5.75 Å². The van der Waals surface area contributed by atoms with E-state index in [1.807, 2.05) is 0 Å². The van der Waals surface area contributed by atoms with E-state index in [-0.39, 0.29) is 5.91 Å². The number of benzene rings is 1. The van der Waals surface area contributed by atoms with Crippen LogP contribution in [0.4, 0.5) is 4.79 Å². The smallest absolute Gasteiger partial charge is 0.321 e. The van der Waals surface area contributed by atoms with Crippen molar-refractivity contribution in [1.82, 2.24) is 10.6 Å². The maximum Gasteiger partial charge on any atom is 0.321 e.